The molecule has 3 N–H and O–H groups in total. The minimum atomic E-state index is -0.500. The van der Waals surface area contributed by atoms with Crippen molar-refractivity contribution in [2.24, 2.45) is 0 Å². The van der Waals surface area contributed by atoms with Crippen LogP contribution in [0.15, 0.2) is 24.3 Å². The SMILES string of the molecule is COC(=O)c1[nH]c(=S)[nH]c1-c1ccc(O)cc1. The number of nitrogens with one attached hydrogen (secondary N) is 2. The number of ether oxygens (including phenoxy) is 1. The van der Waals surface area contributed by atoms with Crippen LogP contribution in [0.2, 0.25) is 0 Å². The summed E-state index contributed by atoms with van der Waals surface area (Å²) in [7, 11) is 1.30. The second-order valence-corrected chi connectivity index (χ2v) is 3.78. The lowest BCUT2D eigenvalue weighted by Gasteiger charge is -2.02. The molecule has 1 heterocycles. The highest BCUT2D eigenvalue weighted by Crippen LogP contribution is 2.23. The lowest BCUT2D eigenvalue weighted by Crippen LogP contribution is -2.03. The molecular formula is C11H10N2O3S. The topological polar surface area (TPSA) is 78.1 Å². The third-order valence-corrected chi connectivity index (χ3v) is 2.48. The molecule has 0 aliphatic rings. The van der Waals surface area contributed by atoms with E-state index in [1.807, 2.05) is 0 Å². The van der Waals surface area contributed by atoms with Crippen molar-refractivity contribution in [1.82, 2.24) is 9.97 Å². The summed E-state index contributed by atoms with van der Waals surface area (Å²) in [6.07, 6.45) is 0. The first kappa shape index (κ1) is 11.4. The van der Waals surface area contributed by atoms with Crippen LogP contribution in [0, 0.1) is 4.77 Å². The molecule has 88 valence electrons. The molecular weight excluding hydrogens is 240 g/mol. The number of carbonyl (C=O) groups is 1. The van der Waals surface area contributed by atoms with E-state index in [4.69, 9.17) is 12.2 Å². The highest BCUT2D eigenvalue weighted by Gasteiger charge is 2.15. The van der Waals surface area contributed by atoms with Crippen molar-refractivity contribution in [2.75, 3.05) is 7.11 Å². The van der Waals surface area contributed by atoms with Crippen LogP contribution in [0.4, 0.5) is 0 Å². The number of aromatic hydroxyl groups is 1. The number of aromatic nitrogens is 2. The molecule has 0 radical (unpaired) electrons. The van der Waals surface area contributed by atoms with Crippen LogP contribution in [0.25, 0.3) is 11.3 Å². The summed E-state index contributed by atoms with van der Waals surface area (Å²) in [6.45, 7) is 0. The van der Waals surface area contributed by atoms with E-state index in [9.17, 15) is 9.90 Å². The normalized spacial score (nSPS) is 10.2. The first-order chi connectivity index (χ1) is 8.11. The van der Waals surface area contributed by atoms with Crippen molar-refractivity contribution in [3.63, 3.8) is 0 Å². The van der Waals surface area contributed by atoms with Crippen molar-refractivity contribution in [3.05, 3.63) is 34.7 Å². The molecule has 2 rings (SSSR count). The van der Waals surface area contributed by atoms with Gasteiger partial charge >= 0.3 is 5.97 Å². The van der Waals surface area contributed by atoms with Crippen molar-refractivity contribution in [2.45, 2.75) is 0 Å². The Morgan fingerprint density at radius 1 is 1.29 bits per heavy atom. The molecule has 0 fully saturated rings. The van der Waals surface area contributed by atoms with E-state index in [-0.39, 0.29) is 11.4 Å². The summed E-state index contributed by atoms with van der Waals surface area (Å²) >= 11 is 4.95. The van der Waals surface area contributed by atoms with Gasteiger partial charge in [-0.2, -0.15) is 0 Å². The maximum Gasteiger partial charge on any atom is 0.356 e. The fraction of sp³-hybridized carbons (Fsp3) is 0.0909. The first-order valence-corrected chi connectivity index (χ1v) is 5.22. The van der Waals surface area contributed by atoms with Crippen LogP contribution in [0.5, 0.6) is 5.75 Å². The van der Waals surface area contributed by atoms with E-state index in [0.717, 1.165) is 5.56 Å². The summed E-state index contributed by atoms with van der Waals surface area (Å²) < 4.78 is 4.99. The zero-order chi connectivity index (χ0) is 12.4. The van der Waals surface area contributed by atoms with Crippen molar-refractivity contribution in [3.8, 4) is 17.0 Å². The molecule has 0 amide bonds. The predicted octanol–water partition coefficient (Wildman–Crippen LogP) is 2.23. The van der Waals surface area contributed by atoms with Gasteiger partial charge in [-0.05, 0) is 36.5 Å². The summed E-state index contributed by atoms with van der Waals surface area (Å²) in [6, 6.07) is 6.41. The Hall–Kier alpha value is -2.08. The third-order valence-electron chi connectivity index (χ3n) is 2.27. The molecule has 1 aromatic heterocycles. The van der Waals surface area contributed by atoms with Crippen LogP contribution in [0.3, 0.4) is 0 Å². The van der Waals surface area contributed by atoms with Gasteiger partial charge in [0.1, 0.15) is 5.75 Å². The van der Waals surface area contributed by atoms with Gasteiger partial charge in [0, 0.05) is 5.56 Å². The van der Waals surface area contributed by atoms with Crippen molar-refractivity contribution < 1.29 is 14.6 Å². The number of hydrogen-bond acceptors (Lipinski definition) is 4. The number of rotatable bonds is 2. The Kier molecular flexibility index (Phi) is 2.97. The average molecular weight is 250 g/mol. The Labute approximate surface area is 102 Å². The van der Waals surface area contributed by atoms with Crippen LogP contribution in [-0.4, -0.2) is 28.2 Å². The molecule has 0 saturated heterocycles. The largest absolute Gasteiger partial charge is 0.508 e. The number of aromatic amines is 2. The summed E-state index contributed by atoms with van der Waals surface area (Å²) in [5.41, 5.74) is 1.54. The summed E-state index contributed by atoms with van der Waals surface area (Å²) in [5, 5.41) is 9.20. The third kappa shape index (κ3) is 2.21. The van der Waals surface area contributed by atoms with E-state index >= 15 is 0 Å². The van der Waals surface area contributed by atoms with Crippen molar-refractivity contribution in [1.29, 1.82) is 0 Å². The highest BCUT2D eigenvalue weighted by atomic mass is 32.1. The molecule has 0 spiro atoms. The van der Waals surface area contributed by atoms with Crippen LogP contribution in [-0.2, 0) is 4.74 Å². The lowest BCUT2D eigenvalue weighted by molar-refractivity contribution is 0.0595. The van der Waals surface area contributed by atoms with Crippen LogP contribution >= 0.6 is 12.2 Å². The van der Waals surface area contributed by atoms with Gasteiger partial charge in [-0.3, -0.25) is 0 Å². The number of phenolic OH excluding ortho intramolecular Hbond substituents is 1. The second-order valence-electron chi connectivity index (χ2n) is 3.37. The van der Waals surface area contributed by atoms with Crippen LogP contribution in [0.1, 0.15) is 10.5 Å². The molecule has 2 aromatic rings. The molecule has 0 saturated carbocycles. The Bertz CT molecular complexity index is 598. The number of phenols is 1. The standard InChI is InChI=1S/C11H10N2O3S/c1-16-10(15)9-8(12-11(17)13-9)6-2-4-7(14)5-3-6/h2-5,14H,1H3,(H2,12,13,17). The number of imidazole rings is 1. The molecule has 5 nitrogen and oxygen atoms in total. The van der Waals surface area contributed by atoms with Gasteiger partial charge in [0.2, 0.25) is 0 Å². The fourth-order valence-electron chi connectivity index (χ4n) is 1.48. The smallest absolute Gasteiger partial charge is 0.356 e. The average Bonchev–Trinajstić information content (AvgIpc) is 2.71. The zero-order valence-corrected chi connectivity index (χ0v) is 9.80. The van der Waals surface area contributed by atoms with E-state index in [1.165, 1.54) is 19.2 Å². The molecule has 0 aliphatic carbocycles. The van der Waals surface area contributed by atoms with Crippen LogP contribution < -0.4 is 0 Å². The molecule has 1 aromatic carbocycles. The number of benzene rings is 1. The number of H-pyrrole nitrogens is 2. The maximum absolute atomic E-state index is 11.5. The summed E-state index contributed by atoms with van der Waals surface area (Å²) in [4.78, 5) is 17.1. The van der Waals surface area contributed by atoms with Gasteiger partial charge in [0.05, 0.1) is 12.8 Å². The van der Waals surface area contributed by atoms with E-state index < -0.39 is 5.97 Å². The van der Waals surface area contributed by atoms with Gasteiger partial charge in [-0.1, -0.05) is 0 Å². The molecule has 0 unspecified atom stereocenters. The Balaban J connectivity index is 2.55. The van der Waals surface area contributed by atoms with Crippen molar-refractivity contribution >= 4 is 18.2 Å². The minimum Gasteiger partial charge on any atom is -0.508 e. The number of methoxy groups -OCH3 is 1. The van der Waals surface area contributed by atoms with Gasteiger partial charge in [-0.15, -0.1) is 0 Å². The van der Waals surface area contributed by atoms with E-state index in [0.29, 0.717) is 10.5 Å². The highest BCUT2D eigenvalue weighted by molar-refractivity contribution is 7.71. The monoisotopic (exact) mass is 250 g/mol. The van der Waals surface area contributed by atoms with E-state index in [1.54, 1.807) is 12.1 Å². The zero-order valence-electron chi connectivity index (χ0n) is 8.98. The van der Waals surface area contributed by atoms with Gasteiger partial charge in [-0.25, -0.2) is 4.79 Å². The minimum absolute atomic E-state index is 0.155. The first-order valence-electron chi connectivity index (χ1n) is 4.82. The molecule has 0 aliphatic heterocycles. The summed E-state index contributed by atoms with van der Waals surface area (Å²) in [5.74, 6) is -0.345. The fourth-order valence-corrected chi connectivity index (χ4v) is 1.69. The molecule has 0 bridgehead atoms. The maximum atomic E-state index is 11.5. The number of hydrogen-bond donors (Lipinski definition) is 3. The van der Waals surface area contributed by atoms with Gasteiger partial charge < -0.3 is 19.8 Å². The second kappa shape index (κ2) is 4.42. The number of carbonyl (C=O) groups excluding carboxylic acids is 1. The Morgan fingerprint density at radius 3 is 2.53 bits per heavy atom. The molecule has 6 heteroatoms. The quantitative estimate of drug-likeness (QED) is 0.564. The van der Waals surface area contributed by atoms with Gasteiger partial charge in [0.25, 0.3) is 0 Å². The van der Waals surface area contributed by atoms with Gasteiger partial charge in [0.15, 0.2) is 10.5 Å². The molecule has 0 atom stereocenters. The molecule has 17 heavy (non-hydrogen) atoms. The Morgan fingerprint density at radius 2 is 1.94 bits per heavy atom. The van der Waals surface area contributed by atoms with E-state index in [2.05, 4.69) is 14.7 Å². The number of esters is 1. The lowest BCUT2D eigenvalue weighted by atomic mass is 10.1. The predicted molar refractivity (Wildman–Crippen MR) is 64.4 cm³/mol.